The summed E-state index contributed by atoms with van der Waals surface area (Å²) in [5.41, 5.74) is 1.79. The first-order valence-corrected chi connectivity index (χ1v) is 6.48. The van der Waals surface area contributed by atoms with E-state index in [1.165, 1.54) is 48.4 Å². The maximum atomic E-state index is 2.51. The summed E-state index contributed by atoms with van der Waals surface area (Å²) in [4.78, 5) is 0. The van der Waals surface area contributed by atoms with Gasteiger partial charge in [0.15, 0.2) is 0 Å². The van der Waals surface area contributed by atoms with Gasteiger partial charge >= 0.3 is 0 Å². The van der Waals surface area contributed by atoms with Crippen molar-refractivity contribution in [3.63, 3.8) is 0 Å². The second kappa shape index (κ2) is 4.76. The largest absolute Gasteiger partial charge is 0.0886 e. The first kappa shape index (κ1) is 9.05. The van der Waals surface area contributed by atoms with Crippen LogP contribution in [-0.2, 0) is 0 Å². The van der Waals surface area contributed by atoms with Crippen LogP contribution in [0.15, 0.2) is 11.6 Å². The van der Waals surface area contributed by atoms with Crippen LogP contribution in [0.5, 0.6) is 0 Å². The van der Waals surface area contributed by atoms with Crippen molar-refractivity contribution in [1.29, 1.82) is 0 Å². The minimum absolute atomic E-state index is 0.981. The van der Waals surface area contributed by atoms with Crippen LogP contribution in [0.25, 0.3) is 0 Å². The van der Waals surface area contributed by atoms with Gasteiger partial charge in [-0.1, -0.05) is 25.0 Å². The van der Waals surface area contributed by atoms with Crippen LogP contribution in [0.3, 0.4) is 0 Å². The Morgan fingerprint density at radius 3 is 3.09 bits per heavy atom. The van der Waals surface area contributed by atoms with E-state index >= 15 is 0 Å². The molecule has 0 aromatic rings. The summed E-state index contributed by atoms with van der Waals surface area (Å²) in [5, 5.41) is 0. The summed E-state index contributed by atoms with van der Waals surface area (Å²) >= 11 is 0. The van der Waals surface area contributed by atoms with Gasteiger partial charge in [-0.2, -0.15) is 0 Å². The lowest BCUT2D eigenvalue weighted by Gasteiger charge is -2.09. The van der Waals surface area contributed by atoms with E-state index in [1.54, 1.807) is 5.57 Å². The van der Waals surface area contributed by atoms with Crippen molar-refractivity contribution in [1.82, 2.24) is 0 Å². The maximum Gasteiger partial charge on any atom is 0.00756 e. The predicted molar refractivity (Wildman–Crippen MR) is 55.1 cm³/mol. The van der Waals surface area contributed by atoms with Gasteiger partial charge in [0, 0.05) is 10.2 Å². The Morgan fingerprint density at radius 2 is 2.45 bits per heavy atom. The molecule has 1 saturated carbocycles. The SMILES string of the molecule is CCCC1CCC/C1=C/C[SiH3]. The summed E-state index contributed by atoms with van der Waals surface area (Å²) in [6.07, 6.45) is 9.66. The van der Waals surface area contributed by atoms with Crippen molar-refractivity contribution < 1.29 is 0 Å². The Kier molecular flexibility index (Phi) is 3.91. The molecule has 64 valence electrons. The third-order valence-corrected chi connectivity index (χ3v) is 3.05. The predicted octanol–water partition coefficient (Wildman–Crippen LogP) is 2.30. The number of rotatable bonds is 3. The molecule has 1 aliphatic carbocycles. The molecule has 0 saturated heterocycles. The third-order valence-electron chi connectivity index (χ3n) is 2.65. The van der Waals surface area contributed by atoms with Crippen LogP contribution in [0, 0.1) is 5.92 Å². The molecule has 1 rings (SSSR count). The summed E-state index contributed by atoms with van der Waals surface area (Å²) in [7, 11) is 1.34. The van der Waals surface area contributed by atoms with Crippen LogP contribution >= 0.6 is 0 Å². The highest BCUT2D eigenvalue weighted by Gasteiger charge is 2.18. The van der Waals surface area contributed by atoms with Gasteiger partial charge in [-0.15, -0.1) is 0 Å². The van der Waals surface area contributed by atoms with Crippen molar-refractivity contribution in [3.05, 3.63) is 11.6 Å². The molecule has 0 amide bonds. The smallest absolute Gasteiger partial charge is 0.00756 e. The zero-order valence-corrected chi connectivity index (χ0v) is 9.90. The standard InChI is InChI=1S/C10H20Si/c1-2-4-9-5-3-6-10(9)7-8-11/h7,9H,2-6,8H2,1,11H3/b10-7-. The van der Waals surface area contributed by atoms with Gasteiger partial charge in [0.2, 0.25) is 0 Å². The maximum absolute atomic E-state index is 2.51. The van der Waals surface area contributed by atoms with Gasteiger partial charge in [0.1, 0.15) is 0 Å². The van der Waals surface area contributed by atoms with E-state index in [0.717, 1.165) is 5.92 Å². The van der Waals surface area contributed by atoms with E-state index in [4.69, 9.17) is 0 Å². The Balaban J connectivity index is 2.44. The normalized spacial score (nSPS) is 28.5. The lowest BCUT2D eigenvalue weighted by atomic mass is 9.97. The van der Waals surface area contributed by atoms with Crippen molar-refractivity contribution in [2.24, 2.45) is 5.92 Å². The third kappa shape index (κ3) is 2.48. The zero-order chi connectivity index (χ0) is 8.10. The summed E-state index contributed by atoms with van der Waals surface area (Å²) in [6.45, 7) is 2.30. The van der Waals surface area contributed by atoms with E-state index in [1.807, 2.05) is 0 Å². The van der Waals surface area contributed by atoms with Crippen LogP contribution in [0.4, 0.5) is 0 Å². The Morgan fingerprint density at radius 1 is 1.64 bits per heavy atom. The average molecular weight is 168 g/mol. The Labute approximate surface area is 73.5 Å². The molecule has 0 aromatic carbocycles. The van der Waals surface area contributed by atoms with Gasteiger partial charge in [0.25, 0.3) is 0 Å². The number of hydrogen-bond donors (Lipinski definition) is 0. The number of hydrogen-bond acceptors (Lipinski definition) is 0. The molecule has 0 nitrogen and oxygen atoms in total. The van der Waals surface area contributed by atoms with Crippen LogP contribution < -0.4 is 0 Å². The molecule has 0 heterocycles. The summed E-state index contributed by atoms with van der Waals surface area (Å²) in [6, 6.07) is 1.37. The van der Waals surface area contributed by atoms with Gasteiger partial charge in [-0.25, -0.2) is 0 Å². The molecule has 0 N–H and O–H groups in total. The van der Waals surface area contributed by atoms with Crippen molar-refractivity contribution in [2.45, 2.75) is 45.1 Å². The van der Waals surface area contributed by atoms with E-state index < -0.39 is 0 Å². The first-order chi connectivity index (χ1) is 5.38. The van der Waals surface area contributed by atoms with E-state index in [-0.39, 0.29) is 0 Å². The topological polar surface area (TPSA) is 0 Å². The fraction of sp³-hybridized carbons (Fsp3) is 0.800. The molecule has 1 atom stereocenters. The molecular formula is C10H20Si. The quantitative estimate of drug-likeness (QED) is 0.448. The van der Waals surface area contributed by atoms with Crippen molar-refractivity contribution in [3.8, 4) is 0 Å². The highest BCUT2D eigenvalue weighted by molar-refractivity contribution is 6.09. The number of allylic oxidation sites excluding steroid dienone is 2. The molecule has 0 radical (unpaired) electrons. The molecule has 0 bridgehead atoms. The molecule has 11 heavy (non-hydrogen) atoms. The van der Waals surface area contributed by atoms with E-state index in [0.29, 0.717) is 0 Å². The van der Waals surface area contributed by atoms with E-state index in [2.05, 4.69) is 13.0 Å². The Hall–Kier alpha value is -0.0431. The van der Waals surface area contributed by atoms with Crippen LogP contribution in [0.2, 0.25) is 6.04 Å². The minimum Gasteiger partial charge on any atom is -0.0886 e. The highest BCUT2D eigenvalue weighted by Crippen LogP contribution is 2.34. The van der Waals surface area contributed by atoms with Gasteiger partial charge in [-0.05, 0) is 37.6 Å². The molecule has 0 aliphatic heterocycles. The molecular weight excluding hydrogens is 148 g/mol. The Bertz CT molecular complexity index is 138. The van der Waals surface area contributed by atoms with Crippen molar-refractivity contribution in [2.75, 3.05) is 0 Å². The second-order valence-electron chi connectivity index (χ2n) is 3.57. The monoisotopic (exact) mass is 168 g/mol. The second-order valence-corrected chi connectivity index (χ2v) is 4.38. The zero-order valence-electron chi connectivity index (χ0n) is 7.90. The highest BCUT2D eigenvalue weighted by atomic mass is 28.1. The molecule has 1 fully saturated rings. The average Bonchev–Trinajstić information content (AvgIpc) is 2.39. The molecule has 0 spiro atoms. The van der Waals surface area contributed by atoms with Gasteiger partial charge in [-0.3, -0.25) is 0 Å². The summed E-state index contributed by atoms with van der Waals surface area (Å²) in [5.74, 6) is 0.981. The first-order valence-electron chi connectivity index (χ1n) is 5.07. The molecule has 0 aromatic heterocycles. The lowest BCUT2D eigenvalue weighted by molar-refractivity contribution is 0.563. The van der Waals surface area contributed by atoms with Crippen molar-refractivity contribution >= 4 is 10.2 Å². The summed E-state index contributed by atoms with van der Waals surface area (Å²) < 4.78 is 0. The molecule has 1 unspecified atom stereocenters. The lowest BCUT2D eigenvalue weighted by Crippen LogP contribution is -1.95. The van der Waals surface area contributed by atoms with Gasteiger partial charge < -0.3 is 0 Å². The van der Waals surface area contributed by atoms with Crippen LogP contribution in [-0.4, -0.2) is 10.2 Å². The molecule has 1 aliphatic rings. The fourth-order valence-corrected chi connectivity index (χ4v) is 2.68. The molecule has 1 heteroatoms. The van der Waals surface area contributed by atoms with Crippen LogP contribution in [0.1, 0.15) is 39.0 Å². The minimum atomic E-state index is 0.981. The van der Waals surface area contributed by atoms with E-state index in [9.17, 15) is 0 Å². The van der Waals surface area contributed by atoms with Gasteiger partial charge in [0.05, 0.1) is 0 Å². The fourth-order valence-electron chi connectivity index (χ4n) is 2.15.